The molecule has 4 heteroatoms. The average molecular weight is 366 g/mol. The van der Waals surface area contributed by atoms with Crippen LogP contribution in [-0.2, 0) is 0 Å². The Morgan fingerprint density at radius 2 is 1.25 bits per heavy atom. The Bertz CT molecular complexity index is 1330. The van der Waals surface area contributed by atoms with Gasteiger partial charge in [-0.15, -0.1) is 0 Å². The molecule has 0 N–H and O–H groups in total. The molecule has 4 nitrogen and oxygen atoms in total. The maximum atomic E-state index is 5.47. The summed E-state index contributed by atoms with van der Waals surface area (Å²) in [6.07, 6.45) is 1.84. The van der Waals surface area contributed by atoms with Crippen LogP contribution in [0.5, 0.6) is 11.5 Å². The Morgan fingerprint density at radius 3 is 1.86 bits per heavy atom. The van der Waals surface area contributed by atoms with Gasteiger partial charge >= 0.3 is 0 Å². The highest BCUT2D eigenvalue weighted by atomic mass is 16.5. The van der Waals surface area contributed by atoms with Gasteiger partial charge in [-0.3, -0.25) is 4.98 Å². The average Bonchev–Trinajstić information content (AvgIpc) is 2.78. The molecule has 0 amide bonds. The molecule has 28 heavy (non-hydrogen) atoms. The van der Waals surface area contributed by atoms with Crippen LogP contribution in [-0.4, -0.2) is 24.2 Å². The molecule has 0 spiro atoms. The lowest BCUT2D eigenvalue weighted by Gasteiger charge is -2.12. The summed E-state index contributed by atoms with van der Waals surface area (Å²) in [6.45, 7) is 0. The number of benzene rings is 4. The minimum absolute atomic E-state index is 0.808. The van der Waals surface area contributed by atoms with E-state index < -0.39 is 0 Å². The van der Waals surface area contributed by atoms with Crippen molar-refractivity contribution in [3.8, 4) is 22.8 Å². The number of fused-ring (bicyclic) bond motifs is 6. The Hall–Kier alpha value is -3.66. The van der Waals surface area contributed by atoms with Gasteiger partial charge < -0.3 is 9.47 Å². The second-order valence-corrected chi connectivity index (χ2v) is 6.64. The van der Waals surface area contributed by atoms with E-state index in [1.54, 1.807) is 14.2 Å². The molecule has 5 rings (SSSR count). The van der Waals surface area contributed by atoms with E-state index >= 15 is 0 Å². The van der Waals surface area contributed by atoms with Gasteiger partial charge in [-0.1, -0.05) is 30.3 Å². The topological polar surface area (TPSA) is 44.2 Å². The van der Waals surface area contributed by atoms with Gasteiger partial charge in [0.05, 0.1) is 37.1 Å². The van der Waals surface area contributed by atoms with E-state index in [9.17, 15) is 0 Å². The van der Waals surface area contributed by atoms with Crippen molar-refractivity contribution in [2.45, 2.75) is 0 Å². The molecule has 0 bridgehead atoms. The first-order valence-electron chi connectivity index (χ1n) is 9.08. The van der Waals surface area contributed by atoms with Gasteiger partial charge in [0.25, 0.3) is 0 Å². The largest absolute Gasteiger partial charge is 0.497 e. The molecule has 0 unspecified atom stereocenters. The van der Waals surface area contributed by atoms with Crippen LogP contribution in [0.25, 0.3) is 43.8 Å². The number of hydrogen-bond donors (Lipinski definition) is 0. The van der Waals surface area contributed by atoms with Gasteiger partial charge in [-0.2, -0.15) is 0 Å². The fraction of sp³-hybridized carbons (Fsp3) is 0.0833. The van der Waals surface area contributed by atoms with Gasteiger partial charge in [-0.05, 0) is 47.2 Å². The van der Waals surface area contributed by atoms with E-state index in [0.29, 0.717) is 0 Å². The standard InChI is InChI=1S/C24H18N2O2/c1-27-16-8-10-18-20(12-16)21-13-17(28-2)9-11-19(21)24-23(18)25-14-22(26-24)15-6-4-3-5-7-15/h3-14H,1-2H3. The van der Waals surface area contributed by atoms with Crippen molar-refractivity contribution in [3.63, 3.8) is 0 Å². The Balaban J connectivity index is 1.93. The highest BCUT2D eigenvalue weighted by Gasteiger charge is 2.14. The fourth-order valence-corrected chi connectivity index (χ4v) is 3.68. The molecule has 1 aromatic heterocycles. The van der Waals surface area contributed by atoms with E-state index in [1.165, 1.54) is 0 Å². The first-order chi connectivity index (χ1) is 13.8. The molecule has 0 atom stereocenters. The quantitative estimate of drug-likeness (QED) is 0.389. The van der Waals surface area contributed by atoms with E-state index in [1.807, 2.05) is 66.9 Å². The molecular weight excluding hydrogens is 348 g/mol. The van der Waals surface area contributed by atoms with Crippen LogP contribution in [0, 0.1) is 0 Å². The Kier molecular flexibility index (Phi) is 3.83. The molecule has 5 aromatic rings. The number of aromatic nitrogens is 2. The zero-order valence-corrected chi connectivity index (χ0v) is 15.6. The van der Waals surface area contributed by atoms with Gasteiger partial charge in [0.2, 0.25) is 0 Å². The van der Waals surface area contributed by atoms with Crippen molar-refractivity contribution in [1.82, 2.24) is 9.97 Å². The first-order valence-corrected chi connectivity index (χ1v) is 9.08. The summed E-state index contributed by atoms with van der Waals surface area (Å²) in [5.41, 5.74) is 3.68. The monoisotopic (exact) mass is 366 g/mol. The van der Waals surface area contributed by atoms with Crippen LogP contribution in [0.4, 0.5) is 0 Å². The molecule has 0 fully saturated rings. The smallest absolute Gasteiger partial charge is 0.119 e. The summed E-state index contributed by atoms with van der Waals surface area (Å²) in [5.74, 6) is 1.62. The SMILES string of the molecule is COc1ccc2c(c1)c1cc(OC)ccc1c1nc(-c3ccccc3)cnc21. The molecular formula is C24H18N2O2. The molecule has 0 aliphatic carbocycles. The molecule has 0 saturated heterocycles. The van der Waals surface area contributed by atoms with Gasteiger partial charge in [-0.25, -0.2) is 4.98 Å². The predicted molar refractivity (Wildman–Crippen MR) is 113 cm³/mol. The third-order valence-electron chi connectivity index (χ3n) is 5.10. The summed E-state index contributed by atoms with van der Waals surface area (Å²) in [6, 6.07) is 22.2. The number of rotatable bonds is 3. The third kappa shape index (κ3) is 2.54. The summed E-state index contributed by atoms with van der Waals surface area (Å²) in [4.78, 5) is 9.79. The van der Waals surface area contributed by atoms with Gasteiger partial charge in [0.15, 0.2) is 0 Å². The van der Waals surface area contributed by atoms with E-state index in [-0.39, 0.29) is 0 Å². The number of methoxy groups -OCH3 is 2. The van der Waals surface area contributed by atoms with Crippen LogP contribution >= 0.6 is 0 Å². The van der Waals surface area contributed by atoms with Crippen LogP contribution in [0.1, 0.15) is 0 Å². The first kappa shape index (κ1) is 16.5. The van der Waals surface area contributed by atoms with E-state index in [0.717, 1.165) is 55.3 Å². The molecule has 0 radical (unpaired) electrons. The zero-order valence-electron chi connectivity index (χ0n) is 15.6. The van der Waals surface area contributed by atoms with Crippen molar-refractivity contribution in [2.24, 2.45) is 0 Å². The molecule has 0 aliphatic rings. The van der Waals surface area contributed by atoms with Gasteiger partial charge in [0.1, 0.15) is 11.5 Å². The van der Waals surface area contributed by atoms with Crippen molar-refractivity contribution in [2.75, 3.05) is 14.2 Å². The van der Waals surface area contributed by atoms with Crippen molar-refractivity contribution in [3.05, 3.63) is 72.9 Å². The Labute approximate surface area is 162 Å². The van der Waals surface area contributed by atoms with Crippen LogP contribution < -0.4 is 9.47 Å². The lowest BCUT2D eigenvalue weighted by molar-refractivity contribution is 0.415. The second-order valence-electron chi connectivity index (χ2n) is 6.64. The third-order valence-corrected chi connectivity index (χ3v) is 5.10. The summed E-state index contributed by atoms with van der Waals surface area (Å²) >= 11 is 0. The number of nitrogens with zero attached hydrogens (tertiary/aromatic N) is 2. The normalized spacial score (nSPS) is 11.2. The fourth-order valence-electron chi connectivity index (χ4n) is 3.68. The highest BCUT2D eigenvalue weighted by molar-refractivity contribution is 6.23. The summed E-state index contributed by atoms with van der Waals surface area (Å²) in [7, 11) is 3.36. The second kappa shape index (κ2) is 6.50. The molecule has 136 valence electrons. The minimum atomic E-state index is 0.808. The van der Waals surface area contributed by atoms with E-state index in [2.05, 4.69) is 6.07 Å². The lowest BCUT2D eigenvalue weighted by Crippen LogP contribution is -1.93. The predicted octanol–water partition coefficient (Wildman–Crippen LogP) is 5.62. The van der Waals surface area contributed by atoms with Crippen LogP contribution in [0.2, 0.25) is 0 Å². The minimum Gasteiger partial charge on any atom is -0.497 e. The summed E-state index contributed by atoms with van der Waals surface area (Å²) < 4.78 is 10.9. The molecule has 4 aromatic carbocycles. The number of ether oxygens (including phenoxy) is 2. The zero-order chi connectivity index (χ0) is 19.1. The van der Waals surface area contributed by atoms with Crippen molar-refractivity contribution < 1.29 is 9.47 Å². The number of hydrogen-bond acceptors (Lipinski definition) is 4. The van der Waals surface area contributed by atoms with Gasteiger partial charge in [0, 0.05) is 16.3 Å². The van der Waals surface area contributed by atoms with Crippen LogP contribution in [0.15, 0.2) is 72.9 Å². The van der Waals surface area contributed by atoms with Crippen molar-refractivity contribution in [1.29, 1.82) is 0 Å². The molecule has 0 aliphatic heterocycles. The van der Waals surface area contributed by atoms with E-state index in [4.69, 9.17) is 19.4 Å². The highest BCUT2D eigenvalue weighted by Crippen LogP contribution is 2.37. The molecule has 1 heterocycles. The lowest BCUT2D eigenvalue weighted by atomic mass is 9.98. The maximum absolute atomic E-state index is 5.47. The molecule has 0 saturated carbocycles. The van der Waals surface area contributed by atoms with Crippen molar-refractivity contribution >= 4 is 32.6 Å². The summed E-state index contributed by atoms with van der Waals surface area (Å²) in [5, 5.41) is 4.23. The van der Waals surface area contributed by atoms with Crippen LogP contribution in [0.3, 0.4) is 0 Å². The Morgan fingerprint density at radius 1 is 0.643 bits per heavy atom. The maximum Gasteiger partial charge on any atom is 0.119 e.